The van der Waals surface area contributed by atoms with E-state index in [0.717, 1.165) is 13.0 Å². The minimum Gasteiger partial charge on any atom is -0.357 e. The number of rotatable bonds is 8. The molecule has 28 heavy (non-hydrogen) atoms. The fourth-order valence-corrected chi connectivity index (χ4v) is 2.97. The molecule has 1 unspecified atom stereocenters. The van der Waals surface area contributed by atoms with Gasteiger partial charge in [-0.1, -0.05) is 38.1 Å². The third-order valence-electron chi connectivity index (χ3n) is 4.35. The number of halogens is 1. The largest absolute Gasteiger partial charge is 0.357 e. The van der Waals surface area contributed by atoms with Gasteiger partial charge in [-0.25, -0.2) is 4.79 Å². The topological polar surface area (TPSA) is 85.8 Å². The molecule has 1 fully saturated rings. The Hall–Kier alpha value is -1.84. The Kier molecular flexibility index (Phi) is 10.3. The van der Waals surface area contributed by atoms with Crippen LogP contribution in [0.4, 0.5) is 4.79 Å². The standard InChI is InChI=1S/C20H31N5O2.HI/c1-5-21-19(22-10-11-25-18(26)13-23-20(25)27)24-15(4)17-8-6-16(7-9-17)12-14(2)3;/h6-9,14-15H,5,10-13H2,1-4H3,(H,23,27)(H2,21,22,24);1H. The number of benzene rings is 1. The van der Waals surface area contributed by atoms with E-state index in [9.17, 15) is 9.59 Å². The molecule has 1 aliphatic rings. The molecule has 0 aliphatic carbocycles. The van der Waals surface area contributed by atoms with Gasteiger partial charge in [0.15, 0.2) is 5.96 Å². The van der Waals surface area contributed by atoms with Gasteiger partial charge in [0.05, 0.1) is 25.7 Å². The molecule has 1 aromatic rings. The predicted octanol–water partition coefficient (Wildman–Crippen LogP) is 2.67. The molecule has 1 heterocycles. The summed E-state index contributed by atoms with van der Waals surface area (Å²) in [5.41, 5.74) is 2.53. The van der Waals surface area contributed by atoms with E-state index in [-0.39, 0.29) is 55.0 Å². The van der Waals surface area contributed by atoms with E-state index in [1.807, 2.05) is 6.92 Å². The number of imide groups is 1. The van der Waals surface area contributed by atoms with Gasteiger partial charge in [-0.15, -0.1) is 24.0 Å². The first-order valence-corrected chi connectivity index (χ1v) is 9.62. The molecule has 3 N–H and O–H groups in total. The van der Waals surface area contributed by atoms with E-state index in [1.165, 1.54) is 16.0 Å². The smallest absolute Gasteiger partial charge is 0.324 e. The van der Waals surface area contributed by atoms with Gasteiger partial charge in [0.2, 0.25) is 5.91 Å². The van der Waals surface area contributed by atoms with E-state index in [2.05, 4.69) is 66.0 Å². The highest BCUT2D eigenvalue weighted by molar-refractivity contribution is 14.0. The first kappa shape index (κ1) is 24.2. The van der Waals surface area contributed by atoms with Crippen LogP contribution >= 0.6 is 24.0 Å². The van der Waals surface area contributed by atoms with E-state index >= 15 is 0 Å². The molecule has 156 valence electrons. The predicted molar refractivity (Wildman–Crippen MR) is 123 cm³/mol. The van der Waals surface area contributed by atoms with Crippen LogP contribution in [0.5, 0.6) is 0 Å². The van der Waals surface area contributed by atoms with Crippen molar-refractivity contribution in [2.75, 3.05) is 26.2 Å². The SMILES string of the molecule is CCNC(=NCCN1C(=O)CNC1=O)NC(C)c1ccc(CC(C)C)cc1.I. The summed E-state index contributed by atoms with van der Waals surface area (Å²) in [6.07, 6.45) is 1.08. The number of hydrogen-bond acceptors (Lipinski definition) is 3. The molecule has 1 saturated heterocycles. The second kappa shape index (κ2) is 11.9. The Bertz CT molecular complexity index is 660. The Morgan fingerprint density at radius 1 is 1.21 bits per heavy atom. The number of guanidine groups is 1. The van der Waals surface area contributed by atoms with E-state index in [4.69, 9.17) is 0 Å². The van der Waals surface area contributed by atoms with Crippen molar-refractivity contribution in [2.45, 2.75) is 40.2 Å². The minimum atomic E-state index is -0.344. The van der Waals surface area contributed by atoms with Crippen molar-refractivity contribution in [3.8, 4) is 0 Å². The lowest BCUT2D eigenvalue weighted by atomic mass is 10.00. The average Bonchev–Trinajstić information content (AvgIpc) is 2.94. The van der Waals surface area contributed by atoms with Gasteiger partial charge < -0.3 is 16.0 Å². The van der Waals surface area contributed by atoms with E-state index < -0.39 is 0 Å². The number of amides is 3. The average molecular weight is 501 g/mol. The molecular weight excluding hydrogens is 469 g/mol. The zero-order chi connectivity index (χ0) is 19.8. The fraction of sp³-hybridized carbons (Fsp3) is 0.550. The van der Waals surface area contributed by atoms with Crippen molar-refractivity contribution < 1.29 is 9.59 Å². The lowest BCUT2D eigenvalue weighted by Crippen LogP contribution is -2.40. The number of carbonyl (C=O) groups excluding carboxylic acids is 2. The Labute approximate surface area is 184 Å². The normalized spacial score (nSPS) is 15.3. The van der Waals surface area contributed by atoms with Gasteiger partial charge in [0.25, 0.3) is 0 Å². The van der Waals surface area contributed by atoms with E-state index in [0.29, 0.717) is 18.4 Å². The summed E-state index contributed by atoms with van der Waals surface area (Å²) in [6, 6.07) is 8.39. The van der Waals surface area contributed by atoms with Gasteiger partial charge in [0, 0.05) is 6.54 Å². The van der Waals surface area contributed by atoms with Crippen molar-refractivity contribution in [3.63, 3.8) is 0 Å². The molecular formula is C20H32IN5O2. The van der Waals surface area contributed by atoms with Crippen LogP contribution in [0, 0.1) is 5.92 Å². The van der Waals surface area contributed by atoms with Crippen molar-refractivity contribution in [2.24, 2.45) is 10.9 Å². The van der Waals surface area contributed by atoms with Crippen molar-refractivity contribution >= 4 is 41.9 Å². The first-order chi connectivity index (χ1) is 12.9. The lowest BCUT2D eigenvalue weighted by Gasteiger charge is -2.19. The van der Waals surface area contributed by atoms with Crippen molar-refractivity contribution in [3.05, 3.63) is 35.4 Å². The number of nitrogens with one attached hydrogen (secondary N) is 3. The summed E-state index contributed by atoms with van der Waals surface area (Å²) in [7, 11) is 0. The molecule has 1 aliphatic heterocycles. The first-order valence-electron chi connectivity index (χ1n) is 9.62. The summed E-state index contributed by atoms with van der Waals surface area (Å²) < 4.78 is 0. The molecule has 0 spiro atoms. The van der Waals surface area contributed by atoms with Crippen LogP contribution < -0.4 is 16.0 Å². The summed E-state index contributed by atoms with van der Waals surface area (Å²) in [6.45, 7) is 9.96. The number of carbonyl (C=O) groups is 2. The molecule has 1 atom stereocenters. The quantitative estimate of drug-likeness (QED) is 0.221. The molecule has 3 amide bonds. The maximum atomic E-state index is 11.6. The van der Waals surface area contributed by atoms with Gasteiger partial charge >= 0.3 is 6.03 Å². The van der Waals surface area contributed by atoms with Crippen molar-refractivity contribution in [1.29, 1.82) is 0 Å². The lowest BCUT2D eigenvalue weighted by molar-refractivity contribution is -0.124. The van der Waals surface area contributed by atoms with Gasteiger partial charge in [-0.05, 0) is 37.3 Å². The Morgan fingerprint density at radius 2 is 1.89 bits per heavy atom. The van der Waals surface area contributed by atoms with Crippen LogP contribution in [0.25, 0.3) is 0 Å². The summed E-state index contributed by atoms with van der Waals surface area (Å²) in [5, 5.41) is 9.09. The van der Waals surface area contributed by atoms with Crippen LogP contribution in [-0.4, -0.2) is 49.0 Å². The Balaban J connectivity index is 0.00000392. The summed E-state index contributed by atoms with van der Waals surface area (Å²) in [4.78, 5) is 28.9. The third kappa shape index (κ3) is 7.29. The number of aliphatic imine (C=N–C) groups is 1. The molecule has 8 heteroatoms. The molecule has 0 radical (unpaired) electrons. The maximum absolute atomic E-state index is 11.6. The van der Waals surface area contributed by atoms with Crippen LogP contribution in [0.1, 0.15) is 44.9 Å². The number of urea groups is 1. The zero-order valence-electron chi connectivity index (χ0n) is 17.1. The van der Waals surface area contributed by atoms with Crippen LogP contribution in [-0.2, 0) is 11.2 Å². The van der Waals surface area contributed by atoms with Crippen LogP contribution in [0.15, 0.2) is 29.3 Å². The maximum Gasteiger partial charge on any atom is 0.324 e. The fourth-order valence-electron chi connectivity index (χ4n) is 2.97. The second-order valence-corrected chi connectivity index (χ2v) is 7.17. The van der Waals surface area contributed by atoms with E-state index in [1.54, 1.807) is 0 Å². The zero-order valence-corrected chi connectivity index (χ0v) is 19.4. The number of nitrogens with zero attached hydrogens (tertiary/aromatic N) is 2. The molecule has 1 aromatic carbocycles. The number of hydrogen-bond donors (Lipinski definition) is 3. The monoisotopic (exact) mass is 501 g/mol. The summed E-state index contributed by atoms with van der Waals surface area (Å²) >= 11 is 0. The van der Waals surface area contributed by atoms with Crippen LogP contribution in [0.3, 0.4) is 0 Å². The van der Waals surface area contributed by atoms with Crippen molar-refractivity contribution in [1.82, 2.24) is 20.9 Å². The molecule has 0 bridgehead atoms. The summed E-state index contributed by atoms with van der Waals surface area (Å²) in [5.74, 6) is 1.11. The van der Waals surface area contributed by atoms with Crippen LogP contribution in [0.2, 0.25) is 0 Å². The third-order valence-corrected chi connectivity index (χ3v) is 4.35. The minimum absolute atomic E-state index is 0. The van der Waals surface area contributed by atoms with Gasteiger partial charge in [0.1, 0.15) is 0 Å². The highest BCUT2D eigenvalue weighted by Crippen LogP contribution is 2.15. The molecule has 0 aromatic heterocycles. The Morgan fingerprint density at radius 3 is 2.43 bits per heavy atom. The van der Waals surface area contributed by atoms with Gasteiger partial charge in [-0.3, -0.25) is 14.7 Å². The second-order valence-electron chi connectivity index (χ2n) is 7.17. The highest BCUT2D eigenvalue weighted by Gasteiger charge is 2.27. The molecule has 2 rings (SSSR count). The van der Waals surface area contributed by atoms with Gasteiger partial charge in [-0.2, -0.15) is 0 Å². The molecule has 0 saturated carbocycles. The highest BCUT2D eigenvalue weighted by atomic mass is 127. The molecule has 7 nitrogen and oxygen atoms in total.